The van der Waals surface area contributed by atoms with E-state index in [2.05, 4.69) is 10.3 Å². The first-order valence-electron chi connectivity index (χ1n) is 5.61. The lowest BCUT2D eigenvalue weighted by Crippen LogP contribution is -2.52. The van der Waals surface area contributed by atoms with Crippen molar-refractivity contribution in [1.29, 1.82) is 0 Å². The van der Waals surface area contributed by atoms with Crippen molar-refractivity contribution in [2.45, 2.75) is 43.8 Å². The summed E-state index contributed by atoms with van der Waals surface area (Å²) in [6.45, 7) is 1.30. The van der Waals surface area contributed by atoms with Gasteiger partial charge in [-0.05, 0) is 12.8 Å². The molecule has 0 bridgehead atoms. The van der Waals surface area contributed by atoms with Crippen molar-refractivity contribution in [3.8, 4) is 0 Å². The summed E-state index contributed by atoms with van der Waals surface area (Å²) in [6, 6.07) is -0.233. The van der Waals surface area contributed by atoms with Crippen LogP contribution in [0.15, 0.2) is 4.99 Å². The summed E-state index contributed by atoms with van der Waals surface area (Å²) in [4.78, 5) is 4.09. The van der Waals surface area contributed by atoms with Gasteiger partial charge in [0.25, 0.3) is 5.92 Å². The molecule has 6 heteroatoms. The van der Waals surface area contributed by atoms with Crippen LogP contribution in [0.5, 0.6) is 0 Å². The molecule has 92 valence electrons. The highest BCUT2D eigenvalue weighted by atomic mass is 19.3. The Labute approximate surface area is 93.2 Å². The van der Waals surface area contributed by atoms with E-state index in [1.165, 1.54) is 0 Å². The van der Waals surface area contributed by atoms with Gasteiger partial charge in [0.05, 0.1) is 12.6 Å². The summed E-state index contributed by atoms with van der Waals surface area (Å²) >= 11 is 0. The number of rotatable bonds is 3. The van der Waals surface area contributed by atoms with Crippen LogP contribution in [0.3, 0.4) is 0 Å². The Bertz CT molecular complexity index is 269. The third-order valence-corrected chi connectivity index (χ3v) is 2.93. The van der Waals surface area contributed by atoms with Gasteiger partial charge in [0.2, 0.25) is 0 Å². The van der Waals surface area contributed by atoms with Gasteiger partial charge >= 0.3 is 0 Å². The van der Waals surface area contributed by atoms with Gasteiger partial charge in [-0.25, -0.2) is 8.78 Å². The van der Waals surface area contributed by atoms with Gasteiger partial charge in [0, 0.05) is 25.5 Å². The fourth-order valence-corrected chi connectivity index (χ4v) is 2.01. The van der Waals surface area contributed by atoms with Crippen LogP contribution in [0.25, 0.3) is 0 Å². The maximum absolute atomic E-state index is 12.5. The van der Waals surface area contributed by atoms with Crippen LogP contribution in [0.1, 0.15) is 25.7 Å². The van der Waals surface area contributed by atoms with E-state index in [1.54, 1.807) is 0 Å². The van der Waals surface area contributed by atoms with E-state index in [4.69, 9.17) is 10.5 Å². The van der Waals surface area contributed by atoms with E-state index < -0.39 is 5.92 Å². The molecule has 2 aliphatic rings. The molecule has 16 heavy (non-hydrogen) atoms. The summed E-state index contributed by atoms with van der Waals surface area (Å²) < 4.78 is 30.4. The van der Waals surface area contributed by atoms with Crippen LogP contribution in [-0.4, -0.2) is 37.2 Å². The minimum atomic E-state index is -2.52. The van der Waals surface area contributed by atoms with Crippen LogP contribution in [-0.2, 0) is 4.74 Å². The summed E-state index contributed by atoms with van der Waals surface area (Å²) in [6.07, 6.45) is 1.90. The second-order valence-electron chi connectivity index (χ2n) is 4.47. The largest absolute Gasteiger partial charge is 0.376 e. The number of nitrogens with one attached hydrogen (secondary N) is 1. The van der Waals surface area contributed by atoms with E-state index in [1.807, 2.05) is 0 Å². The maximum atomic E-state index is 12.5. The zero-order chi connectivity index (χ0) is 11.6. The molecule has 1 aliphatic heterocycles. The highest BCUT2D eigenvalue weighted by Gasteiger charge is 2.45. The molecular weight excluding hydrogens is 216 g/mol. The van der Waals surface area contributed by atoms with Crippen LogP contribution >= 0.6 is 0 Å². The second-order valence-corrected chi connectivity index (χ2v) is 4.47. The number of nitrogens with two attached hydrogens (primary N) is 1. The first-order valence-corrected chi connectivity index (χ1v) is 5.61. The predicted molar refractivity (Wildman–Crippen MR) is 56.6 cm³/mol. The lowest BCUT2D eigenvalue weighted by Gasteiger charge is -2.35. The number of ether oxygens (including phenoxy) is 1. The van der Waals surface area contributed by atoms with Gasteiger partial charge in [-0.15, -0.1) is 0 Å². The minimum absolute atomic E-state index is 0.142. The number of nitrogens with zero attached hydrogens (tertiary/aromatic N) is 1. The molecule has 2 rings (SSSR count). The molecular formula is C10H17F2N3O. The number of hydrogen-bond acceptors (Lipinski definition) is 2. The van der Waals surface area contributed by atoms with Crippen molar-refractivity contribution in [1.82, 2.24) is 5.32 Å². The molecule has 1 aliphatic carbocycles. The van der Waals surface area contributed by atoms with E-state index in [-0.39, 0.29) is 30.9 Å². The topological polar surface area (TPSA) is 59.6 Å². The van der Waals surface area contributed by atoms with Gasteiger partial charge < -0.3 is 15.8 Å². The molecule has 0 aromatic heterocycles. The summed E-state index contributed by atoms with van der Waals surface area (Å²) in [5, 5.41) is 2.79. The smallest absolute Gasteiger partial charge is 0.252 e. The van der Waals surface area contributed by atoms with E-state index in [9.17, 15) is 8.78 Å². The van der Waals surface area contributed by atoms with Crippen molar-refractivity contribution >= 4 is 5.96 Å². The Morgan fingerprint density at radius 3 is 2.81 bits per heavy atom. The minimum Gasteiger partial charge on any atom is -0.376 e. The molecule has 2 fully saturated rings. The van der Waals surface area contributed by atoms with Crippen LogP contribution < -0.4 is 11.1 Å². The Kier molecular flexibility index (Phi) is 3.28. The number of guanidine groups is 1. The Morgan fingerprint density at radius 2 is 2.25 bits per heavy atom. The number of alkyl halides is 2. The standard InChI is InChI=1S/C10H17F2N3O/c11-10(12)4-7(5-10)15-9(13)14-6-8-2-1-3-16-8/h7-8H,1-6H2,(H3,13,14,15). The van der Waals surface area contributed by atoms with E-state index in [0.717, 1.165) is 19.4 Å². The van der Waals surface area contributed by atoms with Crippen LogP contribution in [0, 0.1) is 0 Å². The summed E-state index contributed by atoms with van der Waals surface area (Å²) in [5.74, 6) is -2.28. The molecule has 1 saturated carbocycles. The zero-order valence-corrected chi connectivity index (χ0v) is 9.09. The normalized spacial score (nSPS) is 30.1. The summed E-state index contributed by atoms with van der Waals surface area (Å²) in [5.41, 5.74) is 5.59. The van der Waals surface area contributed by atoms with Crippen molar-refractivity contribution in [3.05, 3.63) is 0 Å². The quantitative estimate of drug-likeness (QED) is 0.561. The number of halogens is 2. The Morgan fingerprint density at radius 1 is 1.50 bits per heavy atom. The molecule has 1 unspecified atom stereocenters. The van der Waals surface area contributed by atoms with Crippen molar-refractivity contribution in [2.75, 3.05) is 13.2 Å². The molecule has 4 nitrogen and oxygen atoms in total. The molecule has 1 heterocycles. The highest BCUT2D eigenvalue weighted by Crippen LogP contribution is 2.37. The van der Waals surface area contributed by atoms with Crippen molar-refractivity contribution < 1.29 is 13.5 Å². The Balaban J connectivity index is 1.67. The first-order chi connectivity index (χ1) is 7.55. The molecule has 0 amide bonds. The van der Waals surface area contributed by atoms with Gasteiger partial charge in [0.15, 0.2) is 5.96 Å². The van der Waals surface area contributed by atoms with E-state index >= 15 is 0 Å². The molecule has 0 radical (unpaired) electrons. The van der Waals surface area contributed by atoms with E-state index in [0.29, 0.717) is 6.54 Å². The lowest BCUT2D eigenvalue weighted by atomic mass is 9.88. The molecule has 0 spiro atoms. The number of hydrogen-bond donors (Lipinski definition) is 2. The van der Waals surface area contributed by atoms with Gasteiger partial charge in [-0.1, -0.05) is 0 Å². The third kappa shape index (κ3) is 3.04. The third-order valence-electron chi connectivity index (χ3n) is 2.93. The van der Waals surface area contributed by atoms with Gasteiger partial charge in [0.1, 0.15) is 0 Å². The average Bonchev–Trinajstić information content (AvgIpc) is 2.64. The second kappa shape index (κ2) is 4.53. The molecule has 1 saturated heterocycles. The fourth-order valence-electron chi connectivity index (χ4n) is 2.01. The first kappa shape index (κ1) is 11.6. The van der Waals surface area contributed by atoms with Crippen LogP contribution in [0.2, 0.25) is 0 Å². The van der Waals surface area contributed by atoms with Gasteiger partial charge in [-0.2, -0.15) is 0 Å². The van der Waals surface area contributed by atoms with Gasteiger partial charge in [-0.3, -0.25) is 4.99 Å². The molecule has 3 N–H and O–H groups in total. The highest BCUT2D eigenvalue weighted by molar-refractivity contribution is 5.78. The zero-order valence-electron chi connectivity index (χ0n) is 9.09. The molecule has 1 atom stereocenters. The monoisotopic (exact) mass is 233 g/mol. The summed E-state index contributed by atoms with van der Waals surface area (Å²) in [7, 11) is 0. The van der Waals surface area contributed by atoms with Crippen molar-refractivity contribution in [3.63, 3.8) is 0 Å². The fraction of sp³-hybridized carbons (Fsp3) is 0.900. The van der Waals surface area contributed by atoms with Crippen molar-refractivity contribution in [2.24, 2.45) is 10.7 Å². The lowest BCUT2D eigenvalue weighted by molar-refractivity contribution is -0.0886. The Hall–Kier alpha value is -0.910. The molecule has 0 aromatic rings. The average molecular weight is 233 g/mol. The SMILES string of the molecule is NC(=NCC1CCCO1)NC1CC(F)(F)C1. The number of aliphatic imine (C=N–C) groups is 1. The van der Waals surface area contributed by atoms with Crippen LogP contribution in [0.4, 0.5) is 8.78 Å². The maximum Gasteiger partial charge on any atom is 0.252 e. The predicted octanol–water partition coefficient (Wildman–Crippen LogP) is 0.867. The molecule has 0 aromatic carbocycles.